The molecule has 0 unspecified atom stereocenters. The summed E-state index contributed by atoms with van der Waals surface area (Å²) in [6.45, 7) is 3.83. The summed E-state index contributed by atoms with van der Waals surface area (Å²) in [4.78, 5) is 35.5. The van der Waals surface area contributed by atoms with Crippen LogP contribution in [0.4, 0.5) is 38.2 Å². The smallest absolute Gasteiger partial charge is 0.270 e. The number of hydrogen-bond acceptors (Lipinski definition) is 6. The van der Waals surface area contributed by atoms with Gasteiger partial charge in [-0.25, -0.2) is 0 Å². The second-order valence-corrected chi connectivity index (χ2v) is 7.91. The Morgan fingerprint density at radius 1 is 0.897 bits per heavy atom. The van der Waals surface area contributed by atoms with Crippen LogP contribution in [-0.4, -0.2) is 57.0 Å². The minimum absolute atomic E-state index is 0.223. The molecule has 162 valence electrons. The molecule has 0 aromatic carbocycles. The number of amides is 2. The largest absolute Gasteiger partial charge is 0.471 e. The second-order valence-electron chi connectivity index (χ2n) is 7.14. The van der Waals surface area contributed by atoms with Crippen LogP contribution in [0.15, 0.2) is 5.16 Å². The summed E-state index contributed by atoms with van der Waals surface area (Å²) < 4.78 is 78.3. The Balaban J connectivity index is 2.64. The Labute approximate surface area is 165 Å². The molecule has 1 heterocycles. The molecule has 1 aliphatic rings. The van der Waals surface area contributed by atoms with Gasteiger partial charge in [0, 0.05) is 11.6 Å². The maximum Gasteiger partial charge on any atom is 0.471 e. The highest BCUT2D eigenvalue weighted by atomic mass is 32.2. The summed E-state index contributed by atoms with van der Waals surface area (Å²) in [6.07, 6.45) is -8.58. The molecule has 1 fully saturated rings. The summed E-state index contributed by atoms with van der Waals surface area (Å²) in [6, 6.07) is -0.838. The third-order valence-electron chi connectivity index (χ3n) is 3.68. The first-order valence-corrected chi connectivity index (χ1v) is 9.41. The number of nitrogens with zero attached hydrogens (tertiary/aromatic N) is 5. The van der Waals surface area contributed by atoms with Gasteiger partial charge < -0.3 is 0 Å². The predicted octanol–water partition coefficient (Wildman–Crippen LogP) is 3.35. The summed E-state index contributed by atoms with van der Waals surface area (Å²) in [7, 11) is 0. The Kier molecular flexibility index (Phi) is 6.08. The zero-order valence-corrected chi connectivity index (χ0v) is 16.5. The van der Waals surface area contributed by atoms with Crippen molar-refractivity contribution in [2.24, 2.45) is 0 Å². The zero-order valence-electron chi connectivity index (χ0n) is 15.7. The second kappa shape index (κ2) is 7.61. The molecule has 29 heavy (non-hydrogen) atoms. The minimum atomic E-state index is -5.28. The van der Waals surface area contributed by atoms with E-state index < -0.39 is 47.6 Å². The molecule has 0 spiro atoms. The number of carbonyl (C=O) groups excluding carboxylic acids is 2. The van der Waals surface area contributed by atoms with Crippen molar-refractivity contribution in [3.05, 3.63) is 0 Å². The van der Waals surface area contributed by atoms with Crippen molar-refractivity contribution in [3.8, 4) is 0 Å². The van der Waals surface area contributed by atoms with Crippen molar-refractivity contribution in [1.29, 1.82) is 0 Å². The molecule has 7 nitrogen and oxygen atoms in total. The van der Waals surface area contributed by atoms with Crippen molar-refractivity contribution in [2.45, 2.75) is 62.7 Å². The van der Waals surface area contributed by atoms with E-state index >= 15 is 0 Å². The number of thioether (sulfide) groups is 1. The van der Waals surface area contributed by atoms with Crippen molar-refractivity contribution < 1.29 is 35.9 Å². The Morgan fingerprint density at radius 2 is 1.38 bits per heavy atom. The van der Waals surface area contributed by atoms with Crippen LogP contribution in [0.2, 0.25) is 0 Å². The van der Waals surface area contributed by atoms with Gasteiger partial charge in [0.1, 0.15) is 0 Å². The number of aromatic nitrogens is 3. The van der Waals surface area contributed by atoms with Crippen LogP contribution in [-0.2, 0) is 9.59 Å². The maximum absolute atomic E-state index is 13.1. The molecular formula is C15H17F6N5O2S. The molecule has 1 aromatic heterocycles. The van der Waals surface area contributed by atoms with Gasteiger partial charge in [-0.3, -0.25) is 19.4 Å². The van der Waals surface area contributed by atoms with E-state index in [0.29, 0.717) is 4.90 Å². The first-order chi connectivity index (χ1) is 13.1. The molecule has 1 aromatic rings. The Bertz CT molecular complexity index is 804. The summed E-state index contributed by atoms with van der Waals surface area (Å²) in [5.41, 5.74) is -1.47. The van der Waals surface area contributed by atoms with E-state index in [0.717, 1.165) is 11.8 Å². The highest BCUT2D eigenvalue weighted by Gasteiger charge is 2.50. The van der Waals surface area contributed by atoms with E-state index in [-0.39, 0.29) is 22.9 Å². The van der Waals surface area contributed by atoms with Gasteiger partial charge in [0.05, 0.1) is 0 Å². The fraction of sp³-hybridized carbons (Fsp3) is 0.667. The number of hydrogen-bond donors (Lipinski definition) is 0. The van der Waals surface area contributed by atoms with Crippen molar-refractivity contribution in [2.75, 3.05) is 16.1 Å². The van der Waals surface area contributed by atoms with Crippen LogP contribution in [0.5, 0.6) is 0 Å². The standard InChI is InChI=1S/C15H17F6N5O2S/c1-13(2,3)26(9(28)15(19,20)21)11-22-10(23-12(24-11)29-4)25(7-5-6-7)8(27)14(16,17)18/h7H,5-6H2,1-4H3. The summed E-state index contributed by atoms with van der Waals surface area (Å²) >= 11 is 0.812. The lowest BCUT2D eigenvalue weighted by Gasteiger charge is -2.34. The summed E-state index contributed by atoms with van der Waals surface area (Å²) in [5.74, 6) is -6.09. The van der Waals surface area contributed by atoms with Gasteiger partial charge in [-0.1, -0.05) is 11.8 Å². The highest BCUT2D eigenvalue weighted by Crippen LogP contribution is 2.36. The van der Waals surface area contributed by atoms with Crippen molar-refractivity contribution in [1.82, 2.24) is 15.0 Å². The van der Waals surface area contributed by atoms with E-state index in [2.05, 4.69) is 15.0 Å². The quantitative estimate of drug-likeness (QED) is 0.523. The molecule has 0 bridgehead atoms. The SMILES string of the molecule is CSc1nc(N(C(=O)C(F)(F)F)C2CC2)nc(N(C(=O)C(F)(F)F)C(C)(C)C)n1. The minimum Gasteiger partial charge on any atom is -0.270 e. The van der Waals surface area contributed by atoms with E-state index in [1.807, 2.05) is 0 Å². The lowest BCUT2D eigenvalue weighted by molar-refractivity contribution is -0.171. The first-order valence-electron chi connectivity index (χ1n) is 8.19. The van der Waals surface area contributed by atoms with Gasteiger partial charge in [0.25, 0.3) is 0 Å². The predicted molar refractivity (Wildman–Crippen MR) is 91.5 cm³/mol. The molecule has 0 saturated heterocycles. The molecule has 14 heteroatoms. The van der Waals surface area contributed by atoms with E-state index in [9.17, 15) is 35.9 Å². The van der Waals surface area contributed by atoms with Gasteiger partial charge in [0.2, 0.25) is 11.9 Å². The Hall–Kier alpha value is -2.12. The molecule has 1 aliphatic carbocycles. The summed E-state index contributed by atoms with van der Waals surface area (Å²) in [5, 5.41) is -0.241. The number of rotatable bonds is 4. The van der Waals surface area contributed by atoms with Crippen LogP contribution in [0, 0.1) is 0 Å². The molecular weight excluding hydrogens is 428 g/mol. The molecule has 0 atom stereocenters. The fourth-order valence-corrected chi connectivity index (χ4v) is 2.69. The molecule has 2 rings (SSSR count). The normalized spacial score (nSPS) is 15.2. The van der Waals surface area contributed by atoms with Crippen LogP contribution in [0.1, 0.15) is 33.6 Å². The zero-order chi connectivity index (χ0) is 22.4. The van der Waals surface area contributed by atoms with E-state index in [1.165, 1.54) is 27.0 Å². The average molecular weight is 445 g/mol. The number of carbonyl (C=O) groups is 2. The Morgan fingerprint density at radius 3 is 1.76 bits per heavy atom. The van der Waals surface area contributed by atoms with Crippen LogP contribution in [0.3, 0.4) is 0 Å². The lowest BCUT2D eigenvalue weighted by Crippen LogP contribution is -2.52. The first kappa shape index (κ1) is 23.2. The van der Waals surface area contributed by atoms with Gasteiger partial charge in [-0.2, -0.15) is 41.3 Å². The van der Waals surface area contributed by atoms with Gasteiger partial charge in [-0.05, 0) is 39.9 Å². The molecule has 0 aliphatic heterocycles. The van der Waals surface area contributed by atoms with Crippen molar-refractivity contribution >= 4 is 35.5 Å². The maximum atomic E-state index is 13.1. The number of anilines is 2. The highest BCUT2D eigenvalue weighted by molar-refractivity contribution is 7.98. The topological polar surface area (TPSA) is 79.3 Å². The molecule has 1 saturated carbocycles. The molecule has 2 amide bonds. The number of alkyl halides is 6. The lowest BCUT2D eigenvalue weighted by atomic mass is 10.1. The van der Waals surface area contributed by atoms with Gasteiger partial charge >= 0.3 is 24.2 Å². The molecule has 0 N–H and O–H groups in total. The van der Waals surface area contributed by atoms with Crippen molar-refractivity contribution in [3.63, 3.8) is 0 Å². The van der Waals surface area contributed by atoms with Crippen LogP contribution in [0.25, 0.3) is 0 Å². The molecule has 0 radical (unpaired) electrons. The van der Waals surface area contributed by atoms with Gasteiger partial charge in [-0.15, -0.1) is 0 Å². The number of halogens is 6. The fourth-order valence-electron chi connectivity index (χ4n) is 2.35. The van der Waals surface area contributed by atoms with Crippen LogP contribution >= 0.6 is 11.8 Å². The third-order valence-corrected chi connectivity index (χ3v) is 4.23. The van der Waals surface area contributed by atoms with Gasteiger partial charge in [0.15, 0.2) is 5.16 Å². The monoisotopic (exact) mass is 445 g/mol. The average Bonchev–Trinajstić information content (AvgIpc) is 3.36. The van der Waals surface area contributed by atoms with E-state index in [1.54, 1.807) is 0 Å². The third kappa shape index (κ3) is 5.28. The van der Waals surface area contributed by atoms with Crippen LogP contribution < -0.4 is 9.80 Å². The van der Waals surface area contributed by atoms with E-state index in [4.69, 9.17) is 0 Å².